The molecule has 2 aliphatic heterocycles. The molecule has 9 N–H and O–H groups in total. The highest BCUT2D eigenvalue weighted by atomic mass is 16.6. The number of aromatic nitrogens is 2. The fourth-order valence-electron chi connectivity index (χ4n) is 13.0. The number of rotatable bonds is 30. The van der Waals surface area contributed by atoms with Gasteiger partial charge in [0.1, 0.15) is 55.2 Å². The fraction of sp³-hybridized carbons (Fsp3) is 0.400. The summed E-state index contributed by atoms with van der Waals surface area (Å²) in [6, 6.07) is 46.8. The molecule has 25 heteroatoms. The van der Waals surface area contributed by atoms with E-state index in [0.29, 0.717) is 92.2 Å². The normalized spacial score (nSPS) is 15.3. The second-order valence-corrected chi connectivity index (χ2v) is 28.3. The van der Waals surface area contributed by atoms with E-state index in [0.717, 1.165) is 96.0 Å². The van der Waals surface area contributed by atoms with Gasteiger partial charge < -0.3 is 67.1 Å². The molecule has 8 aromatic rings. The number of amides is 8. The quantitative estimate of drug-likeness (QED) is 0.0189. The van der Waals surface area contributed by atoms with Crippen molar-refractivity contribution in [2.75, 3.05) is 54.3 Å². The lowest BCUT2D eigenvalue weighted by molar-refractivity contribution is -0.147. The zero-order chi connectivity index (χ0) is 83.6. The molecule has 0 bridgehead atoms. The highest BCUT2D eigenvalue weighted by molar-refractivity contribution is 6.07. The predicted molar refractivity (Wildman–Crippen MR) is 452 cm³/mol. The third-order valence-electron chi connectivity index (χ3n) is 19.9. The monoisotopic (exact) mass is 1570 g/mol. The van der Waals surface area contributed by atoms with Crippen LogP contribution in [-0.4, -0.2) is 131 Å². The van der Waals surface area contributed by atoms with Gasteiger partial charge in [0.2, 0.25) is 29.5 Å². The lowest BCUT2D eigenvalue weighted by Gasteiger charge is -2.39. The van der Waals surface area contributed by atoms with E-state index in [2.05, 4.69) is 78.8 Å². The minimum Gasteiger partial charge on any atom is -0.445 e. The number of carbonyl (C=O) groups excluding carboxylic acids is 11. The van der Waals surface area contributed by atoms with Crippen molar-refractivity contribution in [3.8, 4) is 0 Å². The topological polar surface area (TPSA) is 336 Å². The van der Waals surface area contributed by atoms with Gasteiger partial charge in [-0.2, -0.15) is 4.73 Å². The maximum absolute atomic E-state index is 14.1. The SMILES string of the molecule is CC(=O)CCCc1ccccc1.CCC(=O)CCCCC[C@@H]1NC(=O)C(Cc2cn(OC)c3ccccc23)NC(=O)[C@H](C(C)CC)NC(=O)[C@@H]2CCCCN2C1=O.CCC(CC)C(C)=O.CNc1ccccc1NC(=O)c1ccc(CNC(=O)OCc2cccnc2)cc1.CNc1ccccc1NC(=O)c1ccc(NC(C)=O)cc1. The average Bonchev–Trinajstić information content (AvgIpc) is 1.69. The van der Waals surface area contributed by atoms with Crippen molar-refractivity contribution in [1.82, 2.24) is 35.9 Å². The first-order chi connectivity index (χ1) is 55.4. The summed E-state index contributed by atoms with van der Waals surface area (Å²) in [5.74, 6) is -1.13. The summed E-state index contributed by atoms with van der Waals surface area (Å²) in [7, 11) is 5.16. The molecule has 6 aromatic carbocycles. The number of nitrogens with zero attached hydrogens (tertiary/aromatic N) is 3. The summed E-state index contributed by atoms with van der Waals surface area (Å²) in [6.07, 6.45) is 15.6. The summed E-state index contributed by atoms with van der Waals surface area (Å²) in [6.45, 7) is 15.4. The van der Waals surface area contributed by atoms with Gasteiger partial charge in [0, 0.05) is 112 Å². The minimum atomic E-state index is -1.01. The smallest absolute Gasteiger partial charge is 0.407 e. The number of anilines is 5. The largest absolute Gasteiger partial charge is 0.445 e. The van der Waals surface area contributed by atoms with E-state index in [-0.39, 0.29) is 60.0 Å². The van der Waals surface area contributed by atoms with E-state index in [1.807, 2.05) is 118 Å². The third kappa shape index (κ3) is 30.8. The van der Waals surface area contributed by atoms with Gasteiger partial charge in [-0.25, -0.2) is 4.79 Å². The summed E-state index contributed by atoms with van der Waals surface area (Å²) in [4.78, 5) is 147. The predicted octanol–water partition coefficient (Wildman–Crippen LogP) is 14.4. The molecule has 5 atom stereocenters. The van der Waals surface area contributed by atoms with E-state index in [1.54, 1.807) is 118 Å². The standard InChI is InChI=1S/C34H49N5O6.C22H22N4O3.C16H17N3O2.C11H14O.C7H14O/c1-5-22(3)30-33(43)36-27(20-23-21-39(45-4)28-17-11-10-15-25(23)28)31(41)35-26(16-9-7-8-14-24(40)6-2)34(44)38-19-13-12-18-29(38)32(42)37-30;1-23-19-6-2-3-7-20(19)26-21(27)18-10-8-16(9-11-18)14-25-22(28)29-15-17-5-4-12-24-13-17;1-11(20)18-13-9-7-12(8-10-13)16(21)19-15-6-4-3-5-14(15)17-2;1-10(12)6-5-9-11-7-3-2-4-8-11;1-4-7(5-2)6(3)8/h10-11,15,17,21-22,26-27,29-30H,5-9,12-14,16,18-20H2,1-4H3,(H,35,41)(H,36,43)(H,37,42);2-13,23H,14-15H2,1H3,(H,25,28)(H,26,27);3-10,17H,1-2H3,(H,18,20)(H,19,21);2-4,7-8H,5-6,9H2,1H3;7H,4-5H2,1-3H3/t22?,26-,27?,29-,30-;;;;/m0..../s1. The van der Waals surface area contributed by atoms with Gasteiger partial charge >= 0.3 is 6.09 Å². The minimum absolute atomic E-state index is 0.143. The molecule has 2 saturated heterocycles. The molecule has 8 amide bonds. The van der Waals surface area contributed by atoms with Crippen LogP contribution in [0.5, 0.6) is 0 Å². The first-order valence-corrected chi connectivity index (χ1v) is 39.8. The van der Waals surface area contributed by atoms with Gasteiger partial charge in [-0.05, 0) is 167 Å². The number of benzene rings is 6. The number of unbranched alkanes of at least 4 members (excludes halogenated alkanes) is 2. The molecule has 0 saturated carbocycles. The number of nitrogens with one attached hydrogen (secondary N) is 9. The van der Waals surface area contributed by atoms with Crippen LogP contribution in [0.3, 0.4) is 0 Å². The van der Waals surface area contributed by atoms with Crippen LogP contribution in [-0.2, 0) is 69.1 Å². The van der Waals surface area contributed by atoms with Crippen molar-refractivity contribution in [1.29, 1.82) is 0 Å². The number of Topliss-reactive ketones (excluding diaryl/α,β-unsaturated/α-hetero) is 3. The lowest BCUT2D eigenvalue weighted by atomic mass is 9.94. The van der Waals surface area contributed by atoms with E-state index in [4.69, 9.17) is 9.57 Å². The second kappa shape index (κ2) is 49.5. The van der Waals surface area contributed by atoms with Crippen LogP contribution in [0.4, 0.5) is 33.2 Å². The number of fused-ring (bicyclic) bond motifs is 2. The summed E-state index contributed by atoms with van der Waals surface area (Å²) >= 11 is 0. The number of pyridine rings is 1. The van der Waals surface area contributed by atoms with E-state index >= 15 is 0 Å². The molecule has 4 heterocycles. The van der Waals surface area contributed by atoms with Crippen LogP contribution in [0.25, 0.3) is 10.9 Å². The van der Waals surface area contributed by atoms with Crippen molar-refractivity contribution in [2.45, 2.75) is 195 Å². The molecule has 2 unspecified atom stereocenters. The van der Waals surface area contributed by atoms with Crippen molar-refractivity contribution in [3.63, 3.8) is 0 Å². The highest BCUT2D eigenvalue weighted by Gasteiger charge is 2.40. The summed E-state index contributed by atoms with van der Waals surface area (Å²) in [5, 5.41) is 26.9. The Morgan fingerprint density at radius 1 is 0.583 bits per heavy atom. The maximum atomic E-state index is 14.1. The van der Waals surface area contributed by atoms with Crippen LogP contribution < -0.4 is 52.7 Å². The molecule has 2 fully saturated rings. The molecule has 614 valence electrons. The molecule has 0 radical (unpaired) electrons. The molecular formula is C90H116N12O13. The average molecular weight is 1570 g/mol. The Morgan fingerprint density at radius 3 is 1.73 bits per heavy atom. The zero-order valence-corrected chi connectivity index (χ0v) is 68.4. The van der Waals surface area contributed by atoms with Gasteiger partial charge in [0.25, 0.3) is 11.8 Å². The highest BCUT2D eigenvalue weighted by Crippen LogP contribution is 2.27. The van der Waals surface area contributed by atoms with E-state index in [1.165, 1.54) is 12.5 Å². The number of ketones is 3. The molecule has 2 aliphatic rings. The Kier molecular flexibility index (Phi) is 39.5. The number of aryl methyl sites for hydroxylation is 1. The summed E-state index contributed by atoms with van der Waals surface area (Å²) in [5.41, 5.74) is 9.44. The molecule has 0 spiro atoms. The van der Waals surface area contributed by atoms with Crippen LogP contribution >= 0.6 is 0 Å². The number of carbonyl (C=O) groups is 11. The van der Waals surface area contributed by atoms with Crippen molar-refractivity contribution in [2.24, 2.45) is 11.8 Å². The van der Waals surface area contributed by atoms with Crippen molar-refractivity contribution >= 4 is 104 Å². The van der Waals surface area contributed by atoms with Gasteiger partial charge in [0.05, 0.1) is 28.3 Å². The van der Waals surface area contributed by atoms with Gasteiger partial charge in [-0.3, -0.25) is 48.1 Å². The number of hydrogen-bond acceptors (Lipinski definition) is 16. The maximum Gasteiger partial charge on any atom is 0.407 e. The molecule has 2 aromatic heterocycles. The van der Waals surface area contributed by atoms with Gasteiger partial charge in [-0.1, -0.05) is 145 Å². The third-order valence-corrected chi connectivity index (χ3v) is 19.9. The Bertz CT molecular complexity index is 4440. The van der Waals surface area contributed by atoms with E-state index < -0.39 is 42.1 Å². The number of ether oxygens (including phenoxy) is 1. The molecule has 25 nitrogen and oxygen atoms in total. The fourth-order valence-corrected chi connectivity index (χ4v) is 13.0. The van der Waals surface area contributed by atoms with Crippen LogP contribution in [0.2, 0.25) is 0 Å². The zero-order valence-electron chi connectivity index (χ0n) is 68.4. The molecular weight excluding hydrogens is 1460 g/mol. The number of piperidine rings is 1. The first kappa shape index (κ1) is 91.9. The Hall–Kier alpha value is -12.0. The van der Waals surface area contributed by atoms with Gasteiger partial charge in [-0.15, -0.1) is 0 Å². The van der Waals surface area contributed by atoms with Crippen LogP contribution in [0.1, 0.15) is 188 Å². The Morgan fingerprint density at radius 2 is 1.17 bits per heavy atom. The lowest BCUT2D eigenvalue weighted by Crippen LogP contribution is -2.64. The number of alkyl carbamates (subject to hydrolysis) is 1. The molecule has 115 heavy (non-hydrogen) atoms. The molecule has 0 aliphatic carbocycles. The van der Waals surface area contributed by atoms with Crippen molar-refractivity contribution in [3.05, 3.63) is 216 Å². The second-order valence-electron chi connectivity index (χ2n) is 28.3. The Labute approximate surface area is 676 Å². The molecule has 10 rings (SSSR count). The number of para-hydroxylation sites is 5. The Balaban J connectivity index is 0.000000251. The first-order valence-electron chi connectivity index (χ1n) is 39.8. The summed E-state index contributed by atoms with van der Waals surface area (Å²) < 4.78 is 6.76. The number of hydrogen-bond donors (Lipinski definition) is 9. The van der Waals surface area contributed by atoms with Gasteiger partial charge in [0.15, 0.2) is 0 Å². The van der Waals surface area contributed by atoms with Crippen molar-refractivity contribution < 1.29 is 62.3 Å². The van der Waals surface area contributed by atoms with E-state index in [9.17, 15) is 52.7 Å². The van der Waals surface area contributed by atoms with Crippen LogP contribution in [0, 0.1) is 11.8 Å². The van der Waals surface area contributed by atoms with Crippen LogP contribution in [0.15, 0.2) is 182 Å².